The van der Waals surface area contributed by atoms with Crippen LogP contribution in [-0.4, -0.2) is 12.3 Å². The summed E-state index contributed by atoms with van der Waals surface area (Å²) >= 11 is 0. The number of azo groups is 1. The average molecular weight is 307 g/mol. The Bertz CT molecular complexity index is 780. The number of fused-ring (bicyclic) bond motifs is 1. The Morgan fingerprint density at radius 1 is 1.00 bits per heavy atom. The summed E-state index contributed by atoms with van der Waals surface area (Å²) in [5.41, 5.74) is 2.68. The number of nitrogens with zero attached hydrogens (tertiary/aromatic N) is 3. The fourth-order valence-corrected chi connectivity index (χ4v) is 2.11. The van der Waals surface area contributed by atoms with E-state index in [9.17, 15) is 0 Å². The molecule has 1 aliphatic heterocycles. The van der Waals surface area contributed by atoms with Gasteiger partial charge in [-0.05, 0) is 38.1 Å². The summed E-state index contributed by atoms with van der Waals surface area (Å²) < 4.78 is 11.5. The first-order chi connectivity index (χ1) is 11.3. The van der Waals surface area contributed by atoms with Gasteiger partial charge in [-0.25, -0.2) is 4.99 Å². The Morgan fingerprint density at radius 2 is 1.74 bits per heavy atom. The van der Waals surface area contributed by atoms with Gasteiger partial charge in [0.25, 0.3) is 0 Å². The van der Waals surface area contributed by atoms with Crippen molar-refractivity contribution in [3.05, 3.63) is 66.2 Å². The van der Waals surface area contributed by atoms with Crippen molar-refractivity contribution < 1.29 is 9.47 Å². The molecule has 0 aromatic heterocycles. The van der Waals surface area contributed by atoms with Crippen LogP contribution in [-0.2, 0) is 4.74 Å². The second-order valence-electron chi connectivity index (χ2n) is 4.87. The maximum Gasteiger partial charge on any atom is 0.315 e. The smallest absolute Gasteiger partial charge is 0.315 e. The van der Waals surface area contributed by atoms with Crippen molar-refractivity contribution in [1.82, 2.24) is 0 Å². The maximum absolute atomic E-state index is 5.86. The molecule has 2 aromatic rings. The molecule has 2 aromatic carbocycles. The van der Waals surface area contributed by atoms with E-state index < -0.39 is 0 Å². The minimum atomic E-state index is 0.318. The third-order valence-corrected chi connectivity index (χ3v) is 3.19. The second-order valence-corrected chi connectivity index (χ2v) is 4.87. The highest BCUT2D eigenvalue weighted by molar-refractivity contribution is 6.00. The largest absolute Gasteiger partial charge is 0.464 e. The van der Waals surface area contributed by atoms with Crippen LogP contribution in [0.1, 0.15) is 13.8 Å². The summed E-state index contributed by atoms with van der Waals surface area (Å²) in [7, 11) is 0. The van der Waals surface area contributed by atoms with Gasteiger partial charge in [-0.1, -0.05) is 30.3 Å². The molecule has 3 rings (SSSR count). The number of allylic oxidation sites excluding steroid dienone is 1. The van der Waals surface area contributed by atoms with E-state index in [0.29, 0.717) is 29.7 Å². The molecule has 0 unspecified atom stereocenters. The van der Waals surface area contributed by atoms with E-state index in [4.69, 9.17) is 9.47 Å². The van der Waals surface area contributed by atoms with Crippen LogP contribution >= 0.6 is 0 Å². The number of aliphatic imine (C=N–C) groups is 1. The highest BCUT2D eigenvalue weighted by Gasteiger charge is 2.20. The van der Waals surface area contributed by atoms with E-state index in [-0.39, 0.29) is 0 Å². The first-order valence-corrected chi connectivity index (χ1v) is 7.44. The van der Waals surface area contributed by atoms with E-state index in [2.05, 4.69) is 15.2 Å². The quantitative estimate of drug-likeness (QED) is 0.732. The lowest BCUT2D eigenvalue weighted by molar-refractivity contribution is 0.114. The molecular formula is C18H17N3O2. The van der Waals surface area contributed by atoms with Crippen LogP contribution in [0, 0.1) is 0 Å². The van der Waals surface area contributed by atoms with Gasteiger partial charge in [0, 0.05) is 0 Å². The Kier molecular flexibility index (Phi) is 4.47. The van der Waals surface area contributed by atoms with E-state index in [1.165, 1.54) is 0 Å². The number of rotatable bonds is 4. The van der Waals surface area contributed by atoms with Gasteiger partial charge in [-0.2, -0.15) is 5.11 Å². The standard InChI is InChI=1S/C18H17N3O2/c1-3-22-18-17(21-20-14-9-5-4-6-10-14)13(2)19-15-11-7-8-12-16(15)23-18/h4-12H,3H2,1-2H3. The van der Waals surface area contributed by atoms with Crippen LogP contribution in [0.3, 0.4) is 0 Å². The Hall–Kier alpha value is -2.95. The van der Waals surface area contributed by atoms with Crippen LogP contribution in [0.25, 0.3) is 0 Å². The Labute approximate surface area is 135 Å². The number of hydrogen-bond acceptors (Lipinski definition) is 5. The molecule has 0 saturated heterocycles. The summed E-state index contributed by atoms with van der Waals surface area (Å²) in [6.07, 6.45) is 0. The van der Waals surface area contributed by atoms with Crippen molar-refractivity contribution in [2.45, 2.75) is 13.8 Å². The lowest BCUT2D eigenvalue weighted by Crippen LogP contribution is -2.07. The van der Waals surface area contributed by atoms with Gasteiger partial charge in [0.2, 0.25) is 0 Å². The predicted molar refractivity (Wildman–Crippen MR) is 89.4 cm³/mol. The number of benzene rings is 2. The van der Waals surface area contributed by atoms with Crippen molar-refractivity contribution in [3.63, 3.8) is 0 Å². The SMILES string of the molecule is CCOC1=C(N=Nc2ccccc2)C(C)=Nc2ccccc2O1. The van der Waals surface area contributed by atoms with Crippen LogP contribution < -0.4 is 4.74 Å². The molecule has 1 heterocycles. The van der Waals surface area contributed by atoms with Crippen LogP contribution in [0.4, 0.5) is 11.4 Å². The molecule has 0 N–H and O–H groups in total. The zero-order chi connectivity index (χ0) is 16.1. The maximum atomic E-state index is 5.86. The van der Waals surface area contributed by atoms with Crippen molar-refractivity contribution in [2.75, 3.05) is 6.61 Å². The van der Waals surface area contributed by atoms with Gasteiger partial charge < -0.3 is 9.47 Å². The molecule has 0 fully saturated rings. The molecule has 0 aliphatic carbocycles. The Balaban J connectivity index is 2.01. The molecule has 0 radical (unpaired) electrons. The zero-order valence-corrected chi connectivity index (χ0v) is 13.1. The molecule has 0 saturated carbocycles. The normalized spacial score (nSPS) is 14.1. The van der Waals surface area contributed by atoms with E-state index >= 15 is 0 Å². The van der Waals surface area contributed by atoms with E-state index in [1.54, 1.807) is 0 Å². The van der Waals surface area contributed by atoms with Crippen LogP contribution in [0.5, 0.6) is 5.75 Å². The lowest BCUT2D eigenvalue weighted by atomic mass is 10.3. The van der Waals surface area contributed by atoms with Crippen molar-refractivity contribution in [2.24, 2.45) is 15.2 Å². The van der Waals surface area contributed by atoms with Crippen molar-refractivity contribution >= 4 is 17.1 Å². The van der Waals surface area contributed by atoms with Gasteiger partial charge in [-0.15, -0.1) is 5.11 Å². The molecule has 116 valence electrons. The average Bonchev–Trinajstić information content (AvgIpc) is 2.70. The van der Waals surface area contributed by atoms with Gasteiger partial charge in [0.05, 0.1) is 18.0 Å². The zero-order valence-electron chi connectivity index (χ0n) is 13.1. The molecule has 5 nitrogen and oxygen atoms in total. The molecule has 1 aliphatic rings. The third kappa shape index (κ3) is 3.45. The molecule has 0 spiro atoms. The fraction of sp³-hybridized carbons (Fsp3) is 0.167. The minimum Gasteiger partial charge on any atom is -0.464 e. The second kappa shape index (κ2) is 6.87. The van der Waals surface area contributed by atoms with Crippen LogP contribution in [0.15, 0.2) is 81.5 Å². The molecule has 5 heteroatoms. The molecule has 0 amide bonds. The Morgan fingerprint density at radius 3 is 2.52 bits per heavy atom. The van der Waals surface area contributed by atoms with Crippen molar-refractivity contribution in [1.29, 1.82) is 0 Å². The highest BCUT2D eigenvalue weighted by Crippen LogP contribution is 2.33. The monoisotopic (exact) mass is 307 g/mol. The van der Waals surface area contributed by atoms with Gasteiger partial charge in [-0.3, -0.25) is 0 Å². The molecular weight excluding hydrogens is 290 g/mol. The minimum absolute atomic E-state index is 0.318. The van der Waals surface area contributed by atoms with Crippen LogP contribution in [0.2, 0.25) is 0 Å². The van der Waals surface area contributed by atoms with E-state index in [1.807, 2.05) is 68.4 Å². The summed E-state index contributed by atoms with van der Waals surface area (Å²) in [6.45, 7) is 4.23. The van der Waals surface area contributed by atoms with E-state index in [0.717, 1.165) is 11.4 Å². The first kappa shape index (κ1) is 15.0. The number of para-hydroxylation sites is 2. The topological polar surface area (TPSA) is 55.5 Å². The fourth-order valence-electron chi connectivity index (χ4n) is 2.11. The first-order valence-electron chi connectivity index (χ1n) is 7.44. The third-order valence-electron chi connectivity index (χ3n) is 3.19. The molecule has 0 atom stereocenters. The summed E-state index contributed by atoms with van der Waals surface area (Å²) in [5, 5.41) is 8.54. The van der Waals surface area contributed by atoms with Gasteiger partial charge in [0.15, 0.2) is 11.4 Å². The molecule has 23 heavy (non-hydrogen) atoms. The summed E-state index contributed by atoms with van der Waals surface area (Å²) in [4.78, 5) is 4.57. The molecule has 0 bridgehead atoms. The van der Waals surface area contributed by atoms with Crippen molar-refractivity contribution in [3.8, 4) is 5.75 Å². The van der Waals surface area contributed by atoms with Gasteiger partial charge in [0.1, 0.15) is 5.69 Å². The summed E-state index contributed by atoms with van der Waals surface area (Å²) in [5.74, 6) is 0.957. The summed E-state index contributed by atoms with van der Waals surface area (Å²) in [6, 6.07) is 17.1. The lowest BCUT2D eigenvalue weighted by Gasteiger charge is -2.10. The number of ether oxygens (including phenoxy) is 2. The highest BCUT2D eigenvalue weighted by atomic mass is 16.7. The number of hydrogen-bond donors (Lipinski definition) is 0. The van der Waals surface area contributed by atoms with Gasteiger partial charge >= 0.3 is 5.95 Å². The predicted octanol–water partition coefficient (Wildman–Crippen LogP) is 5.16.